The lowest BCUT2D eigenvalue weighted by Gasteiger charge is -2.13. The highest BCUT2D eigenvalue weighted by atomic mass is 16.5. The average Bonchev–Trinajstić information content (AvgIpc) is 3.03. The summed E-state index contributed by atoms with van der Waals surface area (Å²) in [4.78, 5) is 19.8. The van der Waals surface area contributed by atoms with Crippen LogP contribution in [0, 0.1) is 0 Å². The van der Waals surface area contributed by atoms with Crippen molar-refractivity contribution in [2.75, 3.05) is 5.32 Å². The number of carbonyl (C=O) groups excluding carboxylic acids is 1. The minimum Gasteiger partial charge on any atom is -0.490 e. The first-order valence-electron chi connectivity index (χ1n) is 7.15. The quantitative estimate of drug-likeness (QED) is 0.936. The number of hydrogen-bond acceptors (Lipinski definition) is 4. The summed E-state index contributed by atoms with van der Waals surface area (Å²) in [6, 6.07) is 7.42. The predicted molar refractivity (Wildman–Crippen MR) is 79.3 cm³/mol. The Balaban J connectivity index is 1.60. The van der Waals surface area contributed by atoms with Crippen LogP contribution in [0.25, 0.3) is 0 Å². The number of ether oxygens (including phenoxy) is 1. The van der Waals surface area contributed by atoms with Gasteiger partial charge in [0.1, 0.15) is 11.4 Å². The number of carbonyl (C=O) groups is 1. The van der Waals surface area contributed by atoms with E-state index in [4.69, 9.17) is 4.74 Å². The van der Waals surface area contributed by atoms with Gasteiger partial charge in [-0.1, -0.05) is 0 Å². The molecule has 0 saturated heterocycles. The first-order valence-corrected chi connectivity index (χ1v) is 7.15. The van der Waals surface area contributed by atoms with Crippen molar-refractivity contribution in [2.45, 2.75) is 31.8 Å². The molecule has 1 amide bonds. The van der Waals surface area contributed by atoms with Gasteiger partial charge in [-0.2, -0.15) is 0 Å². The zero-order chi connectivity index (χ0) is 14.5. The molecule has 3 rings (SSSR count). The number of amides is 1. The van der Waals surface area contributed by atoms with Crippen LogP contribution in [0.15, 0.2) is 42.9 Å². The van der Waals surface area contributed by atoms with Crippen LogP contribution in [0.2, 0.25) is 0 Å². The van der Waals surface area contributed by atoms with E-state index in [1.807, 2.05) is 24.3 Å². The minimum absolute atomic E-state index is 0.271. The molecule has 1 aliphatic rings. The smallest absolute Gasteiger partial charge is 0.275 e. The van der Waals surface area contributed by atoms with E-state index in [1.54, 1.807) is 0 Å². The number of aromatic nitrogens is 2. The molecule has 1 aromatic heterocycles. The third-order valence-corrected chi connectivity index (χ3v) is 3.51. The van der Waals surface area contributed by atoms with Crippen LogP contribution in [-0.4, -0.2) is 22.0 Å². The number of anilines is 1. The molecule has 0 bridgehead atoms. The van der Waals surface area contributed by atoms with Gasteiger partial charge in [0.25, 0.3) is 5.91 Å². The Morgan fingerprint density at radius 2 is 1.90 bits per heavy atom. The fraction of sp³-hybridized carbons (Fsp3) is 0.312. The normalized spacial score (nSPS) is 14.9. The Hall–Kier alpha value is -2.43. The molecular weight excluding hydrogens is 266 g/mol. The van der Waals surface area contributed by atoms with Gasteiger partial charge in [-0.15, -0.1) is 0 Å². The van der Waals surface area contributed by atoms with E-state index in [1.165, 1.54) is 31.4 Å². The topological polar surface area (TPSA) is 64.1 Å². The van der Waals surface area contributed by atoms with Crippen molar-refractivity contribution in [3.05, 3.63) is 48.5 Å². The van der Waals surface area contributed by atoms with Gasteiger partial charge in [-0.05, 0) is 49.9 Å². The van der Waals surface area contributed by atoms with Crippen molar-refractivity contribution < 1.29 is 9.53 Å². The summed E-state index contributed by atoms with van der Waals surface area (Å²) in [5.74, 6) is 0.576. The molecule has 0 radical (unpaired) electrons. The fourth-order valence-electron chi connectivity index (χ4n) is 2.43. The van der Waals surface area contributed by atoms with Crippen LogP contribution in [0.5, 0.6) is 5.75 Å². The lowest BCUT2D eigenvalue weighted by molar-refractivity contribution is 0.102. The maximum absolute atomic E-state index is 11.9. The van der Waals surface area contributed by atoms with E-state index < -0.39 is 0 Å². The molecular formula is C16H17N3O2. The SMILES string of the molecule is O=C(Nc1ccc(OC2CCCC2)cc1)c1cnccn1. The van der Waals surface area contributed by atoms with Crippen LogP contribution >= 0.6 is 0 Å². The maximum atomic E-state index is 11.9. The molecule has 1 fully saturated rings. The first kappa shape index (κ1) is 13.5. The third-order valence-electron chi connectivity index (χ3n) is 3.51. The van der Waals surface area contributed by atoms with Crippen molar-refractivity contribution in [1.82, 2.24) is 9.97 Å². The van der Waals surface area contributed by atoms with Gasteiger partial charge in [0.15, 0.2) is 0 Å². The summed E-state index contributed by atoms with van der Waals surface area (Å²) in [6.45, 7) is 0. The lowest BCUT2D eigenvalue weighted by Crippen LogP contribution is -2.14. The van der Waals surface area contributed by atoms with Crippen LogP contribution in [0.4, 0.5) is 5.69 Å². The predicted octanol–water partition coefficient (Wildman–Crippen LogP) is 3.05. The van der Waals surface area contributed by atoms with Crippen molar-refractivity contribution in [2.24, 2.45) is 0 Å². The molecule has 5 nitrogen and oxygen atoms in total. The van der Waals surface area contributed by atoms with E-state index in [9.17, 15) is 4.79 Å². The molecule has 0 unspecified atom stereocenters. The van der Waals surface area contributed by atoms with Gasteiger partial charge in [-0.25, -0.2) is 4.98 Å². The molecule has 1 saturated carbocycles. The summed E-state index contributed by atoms with van der Waals surface area (Å²) in [5.41, 5.74) is 1.01. The van der Waals surface area contributed by atoms with E-state index in [-0.39, 0.29) is 5.91 Å². The highest BCUT2D eigenvalue weighted by Crippen LogP contribution is 2.25. The zero-order valence-corrected chi connectivity index (χ0v) is 11.7. The molecule has 0 atom stereocenters. The average molecular weight is 283 g/mol. The summed E-state index contributed by atoms with van der Waals surface area (Å²) in [5, 5.41) is 2.78. The van der Waals surface area contributed by atoms with Gasteiger partial charge in [0.05, 0.1) is 12.3 Å². The Bertz CT molecular complexity index is 593. The van der Waals surface area contributed by atoms with E-state index in [0.717, 1.165) is 18.6 Å². The summed E-state index contributed by atoms with van der Waals surface area (Å²) >= 11 is 0. The molecule has 5 heteroatoms. The Morgan fingerprint density at radius 3 is 2.57 bits per heavy atom. The second kappa shape index (κ2) is 6.35. The summed E-state index contributed by atoms with van der Waals surface area (Å²) in [6.07, 6.45) is 9.56. The summed E-state index contributed by atoms with van der Waals surface area (Å²) < 4.78 is 5.88. The van der Waals surface area contributed by atoms with Gasteiger partial charge < -0.3 is 10.1 Å². The molecule has 0 aliphatic heterocycles. The van der Waals surface area contributed by atoms with Crippen molar-refractivity contribution >= 4 is 11.6 Å². The standard InChI is InChI=1S/C16H17N3O2/c20-16(15-11-17-9-10-18-15)19-12-5-7-14(8-6-12)21-13-3-1-2-4-13/h5-11,13H,1-4H2,(H,19,20). The third kappa shape index (κ3) is 3.56. The van der Waals surface area contributed by atoms with Gasteiger partial charge in [-0.3, -0.25) is 9.78 Å². The lowest BCUT2D eigenvalue weighted by atomic mass is 10.2. The highest BCUT2D eigenvalue weighted by Gasteiger charge is 2.16. The number of nitrogens with zero attached hydrogens (tertiary/aromatic N) is 2. The van der Waals surface area contributed by atoms with Crippen LogP contribution < -0.4 is 10.1 Å². The number of benzene rings is 1. The molecule has 21 heavy (non-hydrogen) atoms. The molecule has 1 heterocycles. The van der Waals surface area contributed by atoms with E-state index in [2.05, 4.69) is 15.3 Å². The second-order valence-electron chi connectivity index (χ2n) is 5.09. The van der Waals surface area contributed by atoms with Gasteiger partial charge in [0.2, 0.25) is 0 Å². The van der Waals surface area contributed by atoms with E-state index in [0.29, 0.717) is 17.5 Å². The van der Waals surface area contributed by atoms with Crippen molar-refractivity contribution in [3.63, 3.8) is 0 Å². The maximum Gasteiger partial charge on any atom is 0.275 e. The monoisotopic (exact) mass is 283 g/mol. The Morgan fingerprint density at radius 1 is 1.14 bits per heavy atom. The Kier molecular flexibility index (Phi) is 4.09. The molecule has 0 spiro atoms. The van der Waals surface area contributed by atoms with Crippen LogP contribution in [0.3, 0.4) is 0 Å². The van der Waals surface area contributed by atoms with E-state index >= 15 is 0 Å². The number of rotatable bonds is 4. The molecule has 2 aromatic rings. The largest absolute Gasteiger partial charge is 0.490 e. The highest BCUT2D eigenvalue weighted by molar-refractivity contribution is 6.02. The molecule has 1 aliphatic carbocycles. The zero-order valence-electron chi connectivity index (χ0n) is 11.7. The van der Waals surface area contributed by atoms with Crippen LogP contribution in [-0.2, 0) is 0 Å². The fourth-order valence-corrected chi connectivity index (χ4v) is 2.43. The number of hydrogen-bond donors (Lipinski definition) is 1. The molecule has 1 N–H and O–H groups in total. The van der Waals surface area contributed by atoms with Gasteiger partial charge >= 0.3 is 0 Å². The molecule has 1 aromatic carbocycles. The minimum atomic E-state index is -0.271. The van der Waals surface area contributed by atoms with Crippen molar-refractivity contribution in [1.29, 1.82) is 0 Å². The molecule has 108 valence electrons. The first-order chi connectivity index (χ1) is 10.3. The van der Waals surface area contributed by atoms with Crippen molar-refractivity contribution in [3.8, 4) is 5.75 Å². The summed E-state index contributed by atoms with van der Waals surface area (Å²) in [7, 11) is 0. The van der Waals surface area contributed by atoms with Crippen LogP contribution in [0.1, 0.15) is 36.2 Å². The second-order valence-corrected chi connectivity index (χ2v) is 5.09. The number of nitrogens with one attached hydrogen (secondary N) is 1. The Labute approximate surface area is 123 Å². The van der Waals surface area contributed by atoms with Gasteiger partial charge in [0, 0.05) is 18.1 Å².